The maximum absolute atomic E-state index is 14.1. The van der Waals surface area contributed by atoms with Crippen molar-refractivity contribution in [1.82, 2.24) is 0 Å². The fourth-order valence-corrected chi connectivity index (χ4v) is 1.64. The van der Waals surface area contributed by atoms with Crippen LogP contribution in [0.2, 0.25) is 0 Å². The molecule has 1 aromatic rings. The highest BCUT2D eigenvalue weighted by atomic mass is 32.1. The highest BCUT2D eigenvalue weighted by Crippen LogP contribution is 2.19. The average molecular weight is 282 g/mol. The Morgan fingerprint density at radius 2 is 1.95 bits per heavy atom. The zero-order chi connectivity index (χ0) is 14.7. The number of ether oxygens (including phenoxy) is 1. The van der Waals surface area contributed by atoms with Gasteiger partial charge in [-0.25, -0.2) is 9.18 Å². The van der Waals surface area contributed by atoms with E-state index in [1.165, 1.54) is 11.3 Å². The highest BCUT2D eigenvalue weighted by molar-refractivity contribution is 7.08. The van der Waals surface area contributed by atoms with Crippen LogP contribution in [-0.2, 0) is 14.3 Å². The first-order valence-electron chi connectivity index (χ1n) is 5.64. The molecule has 0 aliphatic carbocycles. The zero-order valence-corrected chi connectivity index (χ0v) is 12.1. The predicted octanol–water partition coefficient (Wildman–Crippen LogP) is 2.74. The van der Waals surface area contributed by atoms with E-state index >= 15 is 0 Å². The first-order chi connectivity index (χ1) is 8.63. The summed E-state index contributed by atoms with van der Waals surface area (Å²) in [4.78, 5) is 23.2. The molecule has 0 radical (unpaired) electrons. The monoisotopic (exact) mass is 282 g/mol. The minimum Gasteiger partial charge on any atom is -0.457 e. The van der Waals surface area contributed by atoms with Crippen molar-refractivity contribution < 1.29 is 18.7 Å². The third-order valence-corrected chi connectivity index (χ3v) is 2.73. The summed E-state index contributed by atoms with van der Waals surface area (Å²) in [5.41, 5.74) is -3.00. The molecule has 0 fully saturated rings. The van der Waals surface area contributed by atoms with Gasteiger partial charge in [-0.3, -0.25) is 4.79 Å². The highest BCUT2D eigenvalue weighted by Gasteiger charge is 2.43. The summed E-state index contributed by atoms with van der Waals surface area (Å²) in [7, 11) is 0. The molecule has 1 rings (SSSR count). The molecule has 1 atom stereocenters. The van der Waals surface area contributed by atoms with Gasteiger partial charge in [0.05, 0.1) is 0 Å². The molecule has 0 saturated heterocycles. The topological polar surface area (TPSA) is 43.4 Å². The van der Waals surface area contributed by atoms with Gasteiger partial charge >= 0.3 is 5.97 Å². The summed E-state index contributed by atoms with van der Waals surface area (Å²) in [5, 5.41) is 3.51. The van der Waals surface area contributed by atoms with Gasteiger partial charge in [0, 0.05) is 10.9 Å². The molecule has 0 aliphatic rings. The number of rotatable bonds is 2. The fraction of sp³-hybridized carbons (Fsp3) is 0.429. The Morgan fingerprint density at radius 3 is 2.42 bits per heavy atom. The van der Waals surface area contributed by atoms with Crippen molar-refractivity contribution in [2.75, 3.05) is 0 Å². The second-order valence-corrected chi connectivity index (χ2v) is 5.88. The van der Waals surface area contributed by atoms with Crippen LogP contribution in [0, 0.1) is 11.8 Å². The summed E-state index contributed by atoms with van der Waals surface area (Å²) < 4.78 is 19.0. The first-order valence-corrected chi connectivity index (χ1v) is 6.58. The zero-order valence-electron chi connectivity index (χ0n) is 11.2. The first kappa shape index (κ1) is 15.4. The molecule has 0 N–H and O–H groups in total. The molecule has 102 valence electrons. The van der Waals surface area contributed by atoms with Gasteiger partial charge in [-0.2, -0.15) is 11.3 Å². The minimum atomic E-state index is -2.75. The summed E-state index contributed by atoms with van der Waals surface area (Å²) in [5.74, 6) is 2.32. The largest absolute Gasteiger partial charge is 0.457 e. The molecular formula is C14H15FO3S. The lowest BCUT2D eigenvalue weighted by Crippen LogP contribution is -2.43. The van der Waals surface area contributed by atoms with Crippen molar-refractivity contribution in [3.05, 3.63) is 22.4 Å². The number of halogens is 1. The van der Waals surface area contributed by atoms with E-state index in [0.29, 0.717) is 5.56 Å². The lowest BCUT2D eigenvalue weighted by atomic mass is 10.0. The molecule has 0 amide bonds. The van der Waals surface area contributed by atoms with Gasteiger partial charge < -0.3 is 4.74 Å². The summed E-state index contributed by atoms with van der Waals surface area (Å²) in [6.45, 7) is 5.67. The van der Waals surface area contributed by atoms with Crippen LogP contribution in [0.15, 0.2) is 16.8 Å². The number of carbonyl (C=O) groups is 2. The third kappa shape index (κ3) is 4.49. The molecular weight excluding hydrogens is 267 g/mol. The van der Waals surface area contributed by atoms with Crippen molar-refractivity contribution in [1.29, 1.82) is 0 Å². The maximum Gasteiger partial charge on any atom is 0.353 e. The maximum atomic E-state index is 14.1. The van der Waals surface area contributed by atoms with Crippen molar-refractivity contribution >= 4 is 23.1 Å². The van der Waals surface area contributed by atoms with E-state index in [-0.39, 0.29) is 0 Å². The van der Waals surface area contributed by atoms with Gasteiger partial charge in [0.25, 0.3) is 11.5 Å². The number of hydrogen-bond acceptors (Lipinski definition) is 4. The Bertz CT molecular complexity index is 527. The van der Waals surface area contributed by atoms with Crippen molar-refractivity contribution in [3.8, 4) is 11.8 Å². The lowest BCUT2D eigenvalue weighted by molar-refractivity contribution is -0.169. The molecule has 19 heavy (non-hydrogen) atoms. The number of esters is 1. The van der Waals surface area contributed by atoms with Crippen molar-refractivity contribution in [2.24, 2.45) is 0 Å². The number of ketones is 1. The minimum absolute atomic E-state index is 0.610. The van der Waals surface area contributed by atoms with Gasteiger partial charge in [-0.15, -0.1) is 0 Å². The number of alkyl halides is 1. The second kappa shape index (κ2) is 5.54. The standard InChI is InChI=1S/C14H15FO3S/c1-13(2,3)18-12(17)14(4,15)11(16)6-5-10-7-8-19-9-10/h7-9H,1-4H3. The predicted molar refractivity (Wildman–Crippen MR) is 71.6 cm³/mol. The molecule has 5 heteroatoms. The van der Waals surface area contributed by atoms with Crippen molar-refractivity contribution in [2.45, 2.75) is 39.0 Å². The molecule has 1 aromatic heterocycles. The molecule has 0 aromatic carbocycles. The number of carbonyl (C=O) groups excluding carboxylic acids is 2. The molecule has 3 nitrogen and oxygen atoms in total. The van der Waals surface area contributed by atoms with E-state index in [9.17, 15) is 14.0 Å². The van der Waals surface area contributed by atoms with Crippen LogP contribution in [-0.4, -0.2) is 23.0 Å². The number of Topliss-reactive ketones (excluding diaryl/α,β-unsaturated/α-hetero) is 1. The van der Waals surface area contributed by atoms with E-state index < -0.39 is 23.0 Å². The van der Waals surface area contributed by atoms with E-state index in [0.717, 1.165) is 6.92 Å². The number of hydrogen-bond donors (Lipinski definition) is 0. The van der Waals surface area contributed by atoms with Gasteiger partial charge in [0.2, 0.25) is 0 Å². The summed E-state index contributed by atoms with van der Waals surface area (Å²) >= 11 is 1.41. The Hall–Kier alpha value is -1.67. The van der Waals surface area contributed by atoms with Crippen LogP contribution in [0.25, 0.3) is 0 Å². The van der Waals surface area contributed by atoms with Gasteiger partial charge in [0.1, 0.15) is 5.60 Å². The quantitative estimate of drug-likeness (QED) is 0.476. The van der Waals surface area contributed by atoms with Crippen LogP contribution in [0.1, 0.15) is 33.3 Å². The third-order valence-electron chi connectivity index (χ3n) is 2.05. The molecule has 0 aliphatic heterocycles. The normalized spacial score (nSPS) is 13.9. The Balaban J connectivity index is 2.82. The average Bonchev–Trinajstić information content (AvgIpc) is 2.76. The van der Waals surface area contributed by atoms with E-state index in [2.05, 4.69) is 11.8 Å². The van der Waals surface area contributed by atoms with Crippen LogP contribution in [0.3, 0.4) is 0 Å². The van der Waals surface area contributed by atoms with E-state index in [4.69, 9.17) is 4.74 Å². The Kier molecular flexibility index (Phi) is 4.48. The molecule has 0 saturated carbocycles. The van der Waals surface area contributed by atoms with Gasteiger partial charge in [-0.05, 0) is 45.1 Å². The fourth-order valence-electron chi connectivity index (χ4n) is 1.05. The van der Waals surface area contributed by atoms with Gasteiger partial charge in [0.15, 0.2) is 0 Å². The van der Waals surface area contributed by atoms with E-state index in [1.807, 2.05) is 0 Å². The van der Waals surface area contributed by atoms with Crippen LogP contribution < -0.4 is 0 Å². The smallest absolute Gasteiger partial charge is 0.353 e. The van der Waals surface area contributed by atoms with Crippen LogP contribution in [0.4, 0.5) is 4.39 Å². The Labute approximate surface area is 115 Å². The molecule has 0 spiro atoms. The molecule has 0 bridgehead atoms. The van der Waals surface area contributed by atoms with E-state index in [1.54, 1.807) is 37.6 Å². The van der Waals surface area contributed by atoms with Gasteiger partial charge in [-0.1, -0.05) is 5.92 Å². The lowest BCUT2D eigenvalue weighted by Gasteiger charge is -2.23. The van der Waals surface area contributed by atoms with Crippen molar-refractivity contribution in [3.63, 3.8) is 0 Å². The number of thiophene rings is 1. The Morgan fingerprint density at radius 1 is 1.32 bits per heavy atom. The molecule has 1 heterocycles. The summed E-state index contributed by atoms with van der Waals surface area (Å²) in [6, 6.07) is 1.70. The second-order valence-electron chi connectivity index (χ2n) is 5.10. The SMILES string of the molecule is CC(C)(C)OC(=O)C(C)(F)C(=O)C#Cc1ccsc1. The molecule has 1 unspecified atom stereocenters. The van der Waals surface area contributed by atoms with Crippen LogP contribution >= 0.6 is 11.3 Å². The summed E-state index contributed by atoms with van der Waals surface area (Å²) in [6.07, 6.45) is 0. The van der Waals surface area contributed by atoms with Crippen LogP contribution in [0.5, 0.6) is 0 Å².